The fourth-order valence-corrected chi connectivity index (χ4v) is 5.57. The molecule has 4 rings (SSSR count). The summed E-state index contributed by atoms with van der Waals surface area (Å²) in [5.74, 6) is 0.464. The van der Waals surface area contributed by atoms with E-state index in [2.05, 4.69) is 45.4 Å². The average molecular weight is 413 g/mol. The van der Waals surface area contributed by atoms with Crippen molar-refractivity contribution in [3.63, 3.8) is 0 Å². The van der Waals surface area contributed by atoms with Crippen LogP contribution in [0, 0.1) is 5.92 Å². The smallest absolute Gasteiger partial charge is 0.224 e. The van der Waals surface area contributed by atoms with E-state index in [1.807, 2.05) is 0 Å². The molecule has 3 N–H and O–H groups in total. The van der Waals surface area contributed by atoms with Crippen molar-refractivity contribution in [1.82, 2.24) is 15.1 Å². The molecule has 30 heavy (non-hydrogen) atoms. The van der Waals surface area contributed by atoms with E-state index in [0.29, 0.717) is 24.0 Å². The summed E-state index contributed by atoms with van der Waals surface area (Å²) < 4.78 is 0. The Balaban J connectivity index is 1.19. The van der Waals surface area contributed by atoms with Crippen LogP contribution < -0.4 is 11.1 Å². The molecule has 3 fully saturated rings. The van der Waals surface area contributed by atoms with Crippen molar-refractivity contribution < 1.29 is 4.79 Å². The van der Waals surface area contributed by atoms with Crippen molar-refractivity contribution in [2.24, 2.45) is 11.7 Å². The molecule has 0 aromatic heterocycles. The SMILES string of the molecule is NC1CCC(NC(=O)C2CCCN(C3CCN(CCc4ccccc4)CC3)C2)CC1. The maximum atomic E-state index is 12.9. The number of likely N-dealkylation sites (tertiary alicyclic amines) is 2. The number of nitrogens with two attached hydrogens (primary N) is 1. The second kappa shape index (κ2) is 10.7. The first-order chi connectivity index (χ1) is 14.7. The molecule has 1 unspecified atom stereocenters. The topological polar surface area (TPSA) is 61.6 Å². The molecule has 0 radical (unpaired) electrons. The molecule has 0 bridgehead atoms. The molecule has 5 heteroatoms. The van der Waals surface area contributed by atoms with Crippen LogP contribution in [0.2, 0.25) is 0 Å². The van der Waals surface area contributed by atoms with E-state index in [-0.39, 0.29) is 5.92 Å². The minimum absolute atomic E-state index is 0.172. The number of hydrogen-bond acceptors (Lipinski definition) is 4. The summed E-state index contributed by atoms with van der Waals surface area (Å²) in [6, 6.07) is 12.2. The first kappa shape index (κ1) is 21.8. The van der Waals surface area contributed by atoms with Crippen LogP contribution in [0.3, 0.4) is 0 Å². The Kier molecular flexibility index (Phi) is 7.80. The average Bonchev–Trinajstić information content (AvgIpc) is 2.80. The second-order valence-electron chi connectivity index (χ2n) is 9.76. The summed E-state index contributed by atoms with van der Waals surface area (Å²) >= 11 is 0. The molecular formula is C25H40N4O. The van der Waals surface area contributed by atoms with E-state index in [9.17, 15) is 4.79 Å². The fourth-order valence-electron chi connectivity index (χ4n) is 5.57. The van der Waals surface area contributed by atoms with Crippen LogP contribution >= 0.6 is 0 Å². The van der Waals surface area contributed by atoms with Crippen LogP contribution in [0.25, 0.3) is 0 Å². The summed E-state index contributed by atoms with van der Waals surface area (Å²) in [5, 5.41) is 3.34. The van der Waals surface area contributed by atoms with Crippen LogP contribution in [-0.4, -0.2) is 66.6 Å². The zero-order valence-corrected chi connectivity index (χ0v) is 18.5. The monoisotopic (exact) mass is 412 g/mol. The molecule has 2 aliphatic heterocycles. The molecular weight excluding hydrogens is 372 g/mol. The van der Waals surface area contributed by atoms with Gasteiger partial charge in [-0.05, 0) is 83.0 Å². The van der Waals surface area contributed by atoms with Gasteiger partial charge in [0.2, 0.25) is 5.91 Å². The van der Waals surface area contributed by atoms with Crippen molar-refractivity contribution in [3.8, 4) is 0 Å². The van der Waals surface area contributed by atoms with Crippen molar-refractivity contribution in [2.75, 3.05) is 32.7 Å². The van der Waals surface area contributed by atoms with Gasteiger partial charge in [-0.3, -0.25) is 9.69 Å². The highest BCUT2D eigenvalue weighted by molar-refractivity contribution is 5.79. The molecule has 2 heterocycles. The van der Waals surface area contributed by atoms with Crippen molar-refractivity contribution in [3.05, 3.63) is 35.9 Å². The molecule has 5 nitrogen and oxygen atoms in total. The Morgan fingerprint density at radius 3 is 2.43 bits per heavy atom. The molecule has 1 atom stereocenters. The Hall–Kier alpha value is -1.43. The fraction of sp³-hybridized carbons (Fsp3) is 0.720. The number of hydrogen-bond donors (Lipinski definition) is 2. The van der Waals surface area contributed by atoms with Gasteiger partial charge < -0.3 is 16.0 Å². The third-order valence-corrected chi connectivity index (χ3v) is 7.57. The van der Waals surface area contributed by atoms with Crippen LogP contribution in [0.1, 0.15) is 56.9 Å². The van der Waals surface area contributed by atoms with Gasteiger partial charge in [-0.2, -0.15) is 0 Å². The van der Waals surface area contributed by atoms with E-state index in [1.54, 1.807) is 0 Å². The molecule has 166 valence electrons. The highest BCUT2D eigenvalue weighted by Gasteiger charge is 2.32. The van der Waals surface area contributed by atoms with Gasteiger partial charge in [-0.25, -0.2) is 0 Å². The number of amides is 1. The molecule has 1 saturated carbocycles. The molecule has 1 amide bonds. The first-order valence-corrected chi connectivity index (χ1v) is 12.2. The molecule has 0 spiro atoms. The first-order valence-electron chi connectivity index (χ1n) is 12.2. The molecule has 1 aliphatic carbocycles. The highest BCUT2D eigenvalue weighted by Crippen LogP contribution is 2.25. The number of carbonyl (C=O) groups excluding carboxylic acids is 1. The summed E-state index contributed by atoms with van der Waals surface area (Å²) in [5.41, 5.74) is 7.44. The normalized spacial score (nSPS) is 29.6. The van der Waals surface area contributed by atoms with E-state index in [4.69, 9.17) is 5.73 Å². The molecule has 2 saturated heterocycles. The van der Waals surface area contributed by atoms with E-state index in [0.717, 1.165) is 64.6 Å². The second-order valence-corrected chi connectivity index (χ2v) is 9.76. The molecule has 1 aromatic carbocycles. The number of benzene rings is 1. The lowest BCUT2D eigenvalue weighted by Crippen LogP contribution is -2.52. The van der Waals surface area contributed by atoms with Crippen LogP contribution in [0.5, 0.6) is 0 Å². The van der Waals surface area contributed by atoms with Gasteiger partial charge >= 0.3 is 0 Å². The lowest BCUT2D eigenvalue weighted by molar-refractivity contribution is -0.128. The van der Waals surface area contributed by atoms with Gasteiger partial charge in [0.25, 0.3) is 0 Å². The van der Waals surface area contributed by atoms with E-state index < -0.39 is 0 Å². The zero-order valence-electron chi connectivity index (χ0n) is 18.5. The van der Waals surface area contributed by atoms with Crippen molar-refractivity contribution in [1.29, 1.82) is 0 Å². The van der Waals surface area contributed by atoms with Crippen molar-refractivity contribution >= 4 is 5.91 Å². The number of piperidine rings is 2. The van der Waals surface area contributed by atoms with Gasteiger partial charge in [0.05, 0.1) is 5.92 Å². The van der Waals surface area contributed by atoms with Crippen LogP contribution in [-0.2, 0) is 11.2 Å². The van der Waals surface area contributed by atoms with Crippen LogP contribution in [0.4, 0.5) is 0 Å². The lowest BCUT2D eigenvalue weighted by Gasteiger charge is -2.42. The number of nitrogens with zero attached hydrogens (tertiary/aromatic N) is 2. The summed E-state index contributed by atoms with van der Waals surface area (Å²) in [6.07, 6.45) is 10.0. The van der Waals surface area contributed by atoms with Gasteiger partial charge in [0.1, 0.15) is 0 Å². The minimum Gasteiger partial charge on any atom is -0.353 e. The Morgan fingerprint density at radius 1 is 0.967 bits per heavy atom. The minimum atomic E-state index is 0.172. The molecule has 3 aliphatic rings. The quantitative estimate of drug-likeness (QED) is 0.754. The Labute approximate surface area is 182 Å². The summed E-state index contributed by atoms with van der Waals surface area (Å²) in [7, 11) is 0. The highest BCUT2D eigenvalue weighted by atomic mass is 16.2. The van der Waals surface area contributed by atoms with Crippen LogP contribution in [0.15, 0.2) is 30.3 Å². The van der Waals surface area contributed by atoms with E-state index >= 15 is 0 Å². The predicted molar refractivity (Wildman–Crippen MR) is 122 cm³/mol. The third kappa shape index (κ3) is 6.05. The number of nitrogens with one attached hydrogen (secondary N) is 1. The van der Waals surface area contributed by atoms with Gasteiger partial charge in [0.15, 0.2) is 0 Å². The van der Waals surface area contributed by atoms with Gasteiger partial charge in [0, 0.05) is 31.2 Å². The number of rotatable bonds is 6. The largest absolute Gasteiger partial charge is 0.353 e. The van der Waals surface area contributed by atoms with Gasteiger partial charge in [-0.15, -0.1) is 0 Å². The lowest BCUT2D eigenvalue weighted by atomic mass is 9.90. The Bertz CT molecular complexity index is 650. The standard InChI is InChI=1S/C25H40N4O/c26-22-8-10-23(11-9-22)27-25(30)21-7-4-15-29(19-21)24-13-17-28(18-14-24)16-12-20-5-2-1-3-6-20/h1-3,5-6,21-24H,4,7-19,26H2,(H,27,30). The summed E-state index contributed by atoms with van der Waals surface area (Å²) in [6.45, 7) is 5.65. The van der Waals surface area contributed by atoms with E-state index in [1.165, 1.54) is 31.5 Å². The molecule has 1 aromatic rings. The summed E-state index contributed by atoms with van der Waals surface area (Å²) in [4.78, 5) is 18.1. The maximum Gasteiger partial charge on any atom is 0.224 e. The zero-order chi connectivity index (χ0) is 20.8. The number of carbonyl (C=O) groups is 1. The predicted octanol–water partition coefficient (Wildman–Crippen LogP) is 2.79. The maximum absolute atomic E-state index is 12.9. The van der Waals surface area contributed by atoms with Gasteiger partial charge in [-0.1, -0.05) is 30.3 Å². The Morgan fingerprint density at radius 2 is 1.70 bits per heavy atom. The third-order valence-electron chi connectivity index (χ3n) is 7.57. The van der Waals surface area contributed by atoms with Crippen molar-refractivity contribution in [2.45, 2.75) is 75.9 Å².